The highest BCUT2D eigenvalue weighted by Gasteiger charge is 2.71. The number of carbonyl (C=O) groups excluding carboxylic acids is 1. The highest BCUT2D eigenvalue weighted by atomic mass is 16.7. The number of aryl methyl sites for hydroxylation is 1. The van der Waals surface area contributed by atoms with E-state index in [1.54, 1.807) is 18.2 Å². The van der Waals surface area contributed by atoms with Crippen LogP contribution in [0.2, 0.25) is 0 Å². The Kier molecular flexibility index (Phi) is 5.21. The standard InChI is InChI=1S/C14H17BO2.C11H12O4/c1-13-9-14(13,2)17-15(16-13)12-8-4-6-10-5-3-7-11(10)12;1-14-11(13)4-7-6-15-10-5-8(12)2-3-9(7)10/h4,6,8H,3,5,7,9H2,1-2H3;2-3,5,7,12H,4,6H2,1H3. The number of hydrogen-bond donors (Lipinski definition) is 1. The lowest BCUT2D eigenvalue weighted by Crippen LogP contribution is -2.38. The first-order valence-corrected chi connectivity index (χ1v) is 11.3. The van der Waals surface area contributed by atoms with Crippen molar-refractivity contribution in [2.45, 2.75) is 63.1 Å². The molecule has 2 aliphatic carbocycles. The SMILES string of the molecule is CC12CC1(C)OB(c1cccc3c1CCC3)O2.COC(=O)CC1COc2cc(O)ccc21. The van der Waals surface area contributed by atoms with Crippen LogP contribution in [0.1, 0.15) is 55.7 Å². The zero-order valence-corrected chi connectivity index (χ0v) is 18.8. The van der Waals surface area contributed by atoms with Gasteiger partial charge in [-0.2, -0.15) is 0 Å². The molecule has 7 heteroatoms. The van der Waals surface area contributed by atoms with Crippen LogP contribution in [0.3, 0.4) is 0 Å². The molecular weight excluding hydrogens is 407 g/mol. The normalized spacial score (nSPS) is 28.7. The molecule has 32 heavy (non-hydrogen) atoms. The Hall–Kier alpha value is -2.51. The van der Waals surface area contributed by atoms with E-state index in [0.717, 1.165) is 12.0 Å². The molecule has 0 radical (unpaired) electrons. The van der Waals surface area contributed by atoms with Gasteiger partial charge in [0.2, 0.25) is 0 Å². The lowest BCUT2D eigenvalue weighted by atomic mass is 9.75. The van der Waals surface area contributed by atoms with Crippen molar-refractivity contribution in [1.82, 2.24) is 0 Å². The van der Waals surface area contributed by atoms with Crippen LogP contribution in [-0.2, 0) is 31.7 Å². The molecular formula is C25H29BO6. The predicted octanol–water partition coefficient (Wildman–Crippen LogP) is 3.27. The van der Waals surface area contributed by atoms with Crippen molar-refractivity contribution in [2.75, 3.05) is 13.7 Å². The summed E-state index contributed by atoms with van der Waals surface area (Å²) in [6.07, 6.45) is 5.01. The van der Waals surface area contributed by atoms with Crippen LogP contribution >= 0.6 is 0 Å². The average Bonchev–Trinajstić information content (AvgIpc) is 3.21. The molecule has 2 aromatic carbocycles. The van der Waals surface area contributed by atoms with Gasteiger partial charge in [0.15, 0.2) is 0 Å². The van der Waals surface area contributed by atoms with Gasteiger partial charge in [0, 0.05) is 24.0 Å². The van der Waals surface area contributed by atoms with Crippen molar-refractivity contribution < 1.29 is 28.7 Å². The smallest absolute Gasteiger partial charge is 0.495 e. The number of rotatable bonds is 3. The Morgan fingerprint density at radius 1 is 1.19 bits per heavy atom. The quantitative estimate of drug-likeness (QED) is 0.588. The Labute approximate surface area is 189 Å². The minimum Gasteiger partial charge on any atom is -0.508 e. The van der Waals surface area contributed by atoms with Crippen LogP contribution in [0.15, 0.2) is 36.4 Å². The van der Waals surface area contributed by atoms with Gasteiger partial charge in [-0.15, -0.1) is 0 Å². The van der Waals surface area contributed by atoms with Gasteiger partial charge < -0.3 is 23.9 Å². The minimum atomic E-state index is -0.246. The average molecular weight is 436 g/mol. The van der Waals surface area contributed by atoms with Gasteiger partial charge in [0.1, 0.15) is 11.5 Å². The van der Waals surface area contributed by atoms with Gasteiger partial charge >= 0.3 is 13.1 Å². The van der Waals surface area contributed by atoms with Gasteiger partial charge in [-0.3, -0.25) is 4.79 Å². The first-order valence-electron chi connectivity index (χ1n) is 11.3. The van der Waals surface area contributed by atoms with E-state index in [9.17, 15) is 9.90 Å². The summed E-state index contributed by atoms with van der Waals surface area (Å²) in [7, 11) is 1.24. The van der Waals surface area contributed by atoms with Gasteiger partial charge in [-0.1, -0.05) is 24.3 Å². The van der Waals surface area contributed by atoms with E-state index in [0.29, 0.717) is 18.8 Å². The number of aromatic hydroxyl groups is 1. The zero-order chi connectivity index (χ0) is 22.5. The molecule has 2 heterocycles. The van der Waals surface area contributed by atoms with E-state index in [-0.39, 0.29) is 36.0 Å². The van der Waals surface area contributed by atoms with Crippen molar-refractivity contribution in [3.63, 3.8) is 0 Å². The topological polar surface area (TPSA) is 74.2 Å². The van der Waals surface area contributed by atoms with E-state index < -0.39 is 0 Å². The van der Waals surface area contributed by atoms with E-state index in [2.05, 4.69) is 36.8 Å². The number of phenols is 1. The van der Waals surface area contributed by atoms with Crippen molar-refractivity contribution in [1.29, 1.82) is 0 Å². The van der Waals surface area contributed by atoms with Crippen LogP contribution < -0.4 is 10.2 Å². The maximum Gasteiger partial charge on any atom is 0.495 e. The van der Waals surface area contributed by atoms with Crippen LogP contribution in [0.5, 0.6) is 11.5 Å². The van der Waals surface area contributed by atoms with E-state index in [1.807, 2.05) is 0 Å². The van der Waals surface area contributed by atoms with Crippen LogP contribution in [-0.4, -0.2) is 43.1 Å². The molecule has 4 aliphatic rings. The molecule has 3 unspecified atom stereocenters. The van der Waals surface area contributed by atoms with Gasteiger partial charge in [0.25, 0.3) is 0 Å². The third kappa shape index (κ3) is 3.67. The molecule has 2 fully saturated rings. The number of ether oxygens (including phenoxy) is 2. The lowest BCUT2D eigenvalue weighted by Gasteiger charge is -2.14. The third-order valence-electron chi connectivity index (χ3n) is 7.36. The summed E-state index contributed by atoms with van der Waals surface area (Å²) in [6, 6.07) is 11.5. The maximum absolute atomic E-state index is 11.1. The summed E-state index contributed by atoms with van der Waals surface area (Å²) in [4.78, 5) is 11.1. The van der Waals surface area contributed by atoms with Crippen LogP contribution in [0.4, 0.5) is 0 Å². The second-order valence-corrected chi connectivity index (χ2v) is 9.55. The first-order chi connectivity index (χ1) is 15.3. The monoisotopic (exact) mass is 436 g/mol. The second kappa shape index (κ2) is 7.82. The van der Waals surface area contributed by atoms with Gasteiger partial charge in [-0.25, -0.2) is 0 Å². The molecule has 0 spiro atoms. The molecule has 168 valence electrons. The Balaban J connectivity index is 0.000000136. The van der Waals surface area contributed by atoms with Crippen molar-refractivity contribution in [3.05, 3.63) is 53.1 Å². The Bertz CT molecular complexity index is 1040. The van der Waals surface area contributed by atoms with E-state index in [4.69, 9.17) is 14.0 Å². The summed E-state index contributed by atoms with van der Waals surface area (Å²) in [6.45, 7) is 4.79. The number of methoxy groups -OCH3 is 1. The summed E-state index contributed by atoms with van der Waals surface area (Å²) < 4.78 is 22.2. The molecule has 1 N–H and O–H groups in total. The molecule has 1 saturated carbocycles. The highest BCUT2D eigenvalue weighted by molar-refractivity contribution is 6.63. The fraction of sp³-hybridized carbons (Fsp3) is 0.480. The predicted molar refractivity (Wildman–Crippen MR) is 120 cm³/mol. The highest BCUT2D eigenvalue weighted by Crippen LogP contribution is 2.58. The molecule has 3 atom stereocenters. The number of esters is 1. The summed E-state index contributed by atoms with van der Waals surface area (Å²) in [5, 5.41) is 9.24. The number of phenolic OH excluding ortho intramolecular Hbond substituents is 1. The summed E-state index contributed by atoms with van der Waals surface area (Å²) >= 11 is 0. The number of carbonyl (C=O) groups is 1. The van der Waals surface area contributed by atoms with E-state index in [1.165, 1.54) is 43.0 Å². The molecule has 6 rings (SSSR count). The fourth-order valence-corrected chi connectivity index (χ4v) is 5.14. The zero-order valence-electron chi connectivity index (χ0n) is 18.8. The molecule has 0 amide bonds. The summed E-state index contributed by atoms with van der Waals surface area (Å²) in [5.74, 6) is 0.619. The van der Waals surface area contributed by atoms with Crippen LogP contribution in [0, 0.1) is 0 Å². The Morgan fingerprint density at radius 3 is 2.72 bits per heavy atom. The minimum absolute atomic E-state index is 0.0352. The van der Waals surface area contributed by atoms with Gasteiger partial charge in [0.05, 0.1) is 31.3 Å². The first kappa shape index (κ1) is 21.3. The molecule has 0 aromatic heterocycles. The maximum atomic E-state index is 11.1. The van der Waals surface area contributed by atoms with Crippen molar-refractivity contribution >= 4 is 18.6 Å². The molecule has 2 aromatic rings. The van der Waals surface area contributed by atoms with E-state index >= 15 is 0 Å². The molecule has 1 saturated heterocycles. The summed E-state index contributed by atoms with van der Waals surface area (Å²) in [5.41, 5.74) is 5.11. The van der Waals surface area contributed by atoms with Crippen LogP contribution in [0.25, 0.3) is 0 Å². The number of benzene rings is 2. The number of hydrogen-bond acceptors (Lipinski definition) is 6. The van der Waals surface area contributed by atoms with Gasteiger partial charge in [-0.05, 0) is 55.8 Å². The lowest BCUT2D eigenvalue weighted by molar-refractivity contribution is -0.141. The van der Waals surface area contributed by atoms with Crippen molar-refractivity contribution in [2.24, 2.45) is 0 Å². The molecule has 2 aliphatic heterocycles. The van der Waals surface area contributed by atoms with Crippen molar-refractivity contribution in [3.8, 4) is 11.5 Å². The Morgan fingerprint density at radius 2 is 1.97 bits per heavy atom. The molecule has 6 nitrogen and oxygen atoms in total. The number of fused-ring (bicyclic) bond motifs is 3. The second-order valence-electron chi connectivity index (χ2n) is 9.55. The fourth-order valence-electron chi connectivity index (χ4n) is 5.14. The third-order valence-corrected chi connectivity index (χ3v) is 7.36. The largest absolute Gasteiger partial charge is 0.508 e. The molecule has 0 bridgehead atoms.